The smallest absolute Gasteiger partial charge is 0.186 e. The van der Waals surface area contributed by atoms with Crippen molar-refractivity contribution in [3.8, 4) is 0 Å². The summed E-state index contributed by atoms with van der Waals surface area (Å²) < 4.78 is 0. The van der Waals surface area contributed by atoms with Crippen molar-refractivity contribution in [2.45, 2.75) is 13.0 Å². The van der Waals surface area contributed by atoms with Crippen LogP contribution in [0.5, 0.6) is 0 Å². The van der Waals surface area contributed by atoms with Crippen LogP contribution in [0.1, 0.15) is 6.92 Å². The fourth-order valence-corrected chi connectivity index (χ4v) is 1.09. The van der Waals surface area contributed by atoms with E-state index in [2.05, 4.69) is 16.8 Å². The Labute approximate surface area is 60.9 Å². The molecule has 1 aliphatic heterocycles. The van der Waals surface area contributed by atoms with Gasteiger partial charge >= 0.3 is 0 Å². The average Bonchev–Trinajstić information content (AvgIpc) is 1.76. The SMILES string of the molecule is CCN1CC(N=C(N)N)C1. The van der Waals surface area contributed by atoms with Gasteiger partial charge in [0, 0.05) is 13.1 Å². The van der Waals surface area contributed by atoms with Gasteiger partial charge < -0.3 is 11.5 Å². The monoisotopic (exact) mass is 142 g/mol. The lowest BCUT2D eigenvalue weighted by atomic mass is 10.1. The molecular formula is C6H14N4. The van der Waals surface area contributed by atoms with Gasteiger partial charge in [-0.1, -0.05) is 6.92 Å². The van der Waals surface area contributed by atoms with Crippen LogP contribution in [0.4, 0.5) is 0 Å². The molecule has 58 valence electrons. The number of likely N-dealkylation sites (N-methyl/N-ethyl adjacent to an activating group) is 1. The molecule has 1 saturated heterocycles. The zero-order valence-corrected chi connectivity index (χ0v) is 6.25. The van der Waals surface area contributed by atoms with Gasteiger partial charge in [0.2, 0.25) is 0 Å². The Kier molecular flexibility index (Phi) is 2.11. The van der Waals surface area contributed by atoms with E-state index in [9.17, 15) is 0 Å². The summed E-state index contributed by atoms with van der Waals surface area (Å²) in [5.74, 6) is 0.209. The molecule has 1 aliphatic rings. The molecule has 0 aromatic carbocycles. The third kappa shape index (κ3) is 1.60. The molecule has 0 radical (unpaired) electrons. The van der Waals surface area contributed by atoms with Gasteiger partial charge in [-0.25, -0.2) is 4.99 Å². The van der Waals surface area contributed by atoms with E-state index >= 15 is 0 Å². The lowest BCUT2D eigenvalue weighted by molar-refractivity contribution is 0.161. The molecule has 1 heterocycles. The van der Waals surface area contributed by atoms with Gasteiger partial charge in [0.1, 0.15) is 0 Å². The third-order valence-corrected chi connectivity index (χ3v) is 1.72. The third-order valence-electron chi connectivity index (χ3n) is 1.72. The van der Waals surface area contributed by atoms with Crippen LogP contribution in [0.15, 0.2) is 4.99 Å². The number of aliphatic imine (C=N–C) groups is 1. The van der Waals surface area contributed by atoms with Crippen molar-refractivity contribution >= 4 is 5.96 Å². The van der Waals surface area contributed by atoms with Crippen molar-refractivity contribution in [3.05, 3.63) is 0 Å². The van der Waals surface area contributed by atoms with E-state index in [-0.39, 0.29) is 5.96 Å². The first kappa shape index (κ1) is 7.34. The maximum absolute atomic E-state index is 5.20. The predicted molar refractivity (Wildman–Crippen MR) is 41.7 cm³/mol. The predicted octanol–water partition coefficient (Wildman–Crippen LogP) is -1.04. The molecule has 0 unspecified atom stereocenters. The second-order valence-corrected chi connectivity index (χ2v) is 2.56. The Morgan fingerprint density at radius 3 is 2.60 bits per heavy atom. The minimum Gasteiger partial charge on any atom is -0.370 e. The highest BCUT2D eigenvalue weighted by molar-refractivity contribution is 5.75. The van der Waals surface area contributed by atoms with Crippen LogP contribution in [0, 0.1) is 0 Å². The largest absolute Gasteiger partial charge is 0.370 e. The highest BCUT2D eigenvalue weighted by Crippen LogP contribution is 2.09. The highest BCUT2D eigenvalue weighted by atomic mass is 15.2. The summed E-state index contributed by atoms with van der Waals surface area (Å²) in [6, 6.07) is 0.352. The van der Waals surface area contributed by atoms with Crippen LogP contribution in [-0.4, -0.2) is 36.5 Å². The minimum atomic E-state index is 0.209. The average molecular weight is 142 g/mol. The van der Waals surface area contributed by atoms with E-state index in [1.807, 2.05) is 0 Å². The number of hydrogen-bond donors (Lipinski definition) is 2. The molecule has 0 atom stereocenters. The molecule has 0 bridgehead atoms. The van der Waals surface area contributed by atoms with E-state index in [1.165, 1.54) is 0 Å². The topological polar surface area (TPSA) is 67.6 Å². The Bertz CT molecular complexity index is 133. The summed E-state index contributed by atoms with van der Waals surface area (Å²) >= 11 is 0. The summed E-state index contributed by atoms with van der Waals surface area (Å²) in [5.41, 5.74) is 10.4. The van der Waals surface area contributed by atoms with E-state index in [0.717, 1.165) is 19.6 Å². The molecule has 1 fully saturated rings. The number of guanidine groups is 1. The highest BCUT2D eigenvalue weighted by Gasteiger charge is 2.23. The molecule has 0 amide bonds. The van der Waals surface area contributed by atoms with Gasteiger partial charge in [-0.3, -0.25) is 4.90 Å². The van der Waals surface area contributed by atoms with Gasteiger partial charge in [-0.15, -0.1) is 0 Å². The molecule has 0 saturated carbocycles. The van der Waals surface area contributed by atoms with Crippen molar-refractivity contribution in [1.29, 1.82) is 0 Å². The van der Waals surface area contributed by atoms with Crippen molar-refractivity contribution in [3.63, 3.8) is 0 Å². The summed E-state index contributed by atoms with van der Waals surface area (Å²) in [5, 5.41) is 0. The number of nitrogens with two attached hydrogens (primary N) is 2. The summed E-state index contributed by atoms with van der Waals surface area (Å²) in [4.78, 5) is 6.30. The van der Waals surface area contributed by atoms with Gasteiger partial charge in [0.15, 0.2) is 5.96 Å². The number of hydrogen-bond acceptors (Lipinski definition) is 2. The van der Waals surface area contributed by atoms with Gasteiger partial charge in [0.05, 0.1) is 6.04 Å². The molecule has 0 aromatic rings. The van der Waals surface area contributed by atoms with Crippen LogP contribution < -0.4 is 11.5 Å². The fraction of sp³-hybridized carbons (Fsp3) is 0.833. The lowest BCUT2D eigenvalue weighted by Gasteiger charge is -2.35. The van der Waals surface area contributed by atoms with E-state index in [1.54, 1.807) is 0 Å². The van der Waals surface area contributed by atoms with Crippen LogP contribution in [0.3, 0.4) is 0 Å². The molecule has 0 aliphatic carbocycles. The Morgan fingerprint density at radius 2 is 2.20 bits per heavy atom. The Morgan fingerprint density at radius 1 is 1.60 bits per heavy atom. The zero-order valence-electron chi connectivity index (χ0n) is 6.25. The maximum Gasteiger partial charge on any atom is 0.186 e. The Balaban J connectivity index is 2.20. The standard InChI is InChI=1S/C6H14N4/c1-2-10-3-5(4-10)9-6(7)8/h5H,2-4H2,1H3,(H4,7,8,9). The lowest BCUT2D eigenvalue weighted by Crippen LogP contribution is -2.50. The summed E-state index contributed by atoms with van der Waals surface area (Å²) in [7, 11) is 0. The van der Waals surface area contributed by atoms with Gasteiger partial charge in [-0.05, 0) is 6.54 Å². The summed E-state index contributed by atoms with van der Waals surface area (Å²) in [6.45, 7) is 5.24. The molecule has 1 rings (SSSR count). The molecule has 0 aromatic heterocycles. The first-order chi connectivity index (χ1) is 4.72. The van der Waals surface area contributed by atoms with E-state index in [4.69, 9.17) is 11.5 Å². The minimum absolute atomic E-state index is 0.209. The Hall–Kier alpha value is -0.770. The summed E-state index contributed by atoms with van der Waals surface area (Å²) in [6.07, 6.45) is 0. The second-order valence-electron chi connectivity index (χ2n) is 2.56. The second kappa shape index (κ2) is 2.88. The van der Waals surface area contributed by atoms with Crippen LogP contribution >= 0.6 is 0 Å². The molecule has 0 spiro atoms. The maximum atomic E-state index is 5.20. The van der Waals surface area contributed by atoms with Crippen molar-refractivity contribution in [2.75, 3.05) is 19.6 Å². The normalized spacial score (nSPS) is 20.1. The van der Waals surface area contributed by atoms with E-state index < -0.39 is 0 Å². The molecule has 4 nitrogen and oxygen atoms in total. The molecule has 10 heavy (non-hydrogen) atoms. The van der Waals surface area contributed by atoms with Gasteiger partial charge in [0.25, 0.3) is 0 Å². The molecular weight excluding hydrogens is 128 g/mol. The number of rotatable bonds is 2. The van der Waals surface area contributed by atoms with Gasteiger partial charge in [-0.2, -0.15) is 0 Å². The van der Waals surface area contributed by atoms with Crippen LogP contribution in [0.2, 0.25) is 0 Å². The number of nitrogens with zero attached hydrogens (tertiary/aromatic N) is 2. The quantitative estimate of drug-likeness (QED) is 0.382. The zero-order chi connectivity index (χ0) is 7.56. The van der Waals surface area contributed by atoms with Crippen molar-refractivity contribution in [2.24, 2.45) is 16.5 Å². The van der Waals surface area contributed by atoms with E-state index in [0.29, 0.717) is 6.04 Å². The van der Waals surface area contributed by atoms with Crippen molar-refractivity contribution in [1.82, 2.24) is 4.90 Å². The molecule has 4 heteroatoms. The van der Waals surface area contributed by atoms with Crippen molar-refractivity contribution < 1.29 is 0 Å². The van der Waals surface area contributed by atoms with Crippen LogP contribution in [-0.2, 0) is 0 Å². The van der Waals surface area contributed by atoms with Crippen LogP contribution in [0.25, 0.3) is 0 Å². The number of likely N-dealkylation sites (tertiary alicyclic amines) is 1. The first-order valence-corrected chi connectivity index (χ1v) is 3.53. The first-order valence-electron chi connectivity index (χ1n) is 3.53. The fourth-order valence-electron chi connectivity index (χ4n) is 1.09. The molecule has 4 N–H and O–H groups in total.